The maximum atomic E-state index is 11.7. The largest absolute Gasteiger partial charge is 0.493 e. The molecule has 3 heteroatoms. The molecule has 0 aliphatic heterocycles. The third-order valence-corrected chi connectivity index (χ3v) is 1.60. The minimum atomic E-state index is -0.315. The number of alkyl halides is 1. The minimum Gasteiger partial charge on any atom is -0.493 e. The number of halogens is 1. The Morgan fingerprint density at radius 3 is 2.85 bits per heavy atom. The van der Waals surface area contributed by atoms with Crippen LogP contribution in [0.2, 0.25) is 0 Å². The zero-order valence-electron chi connectivity index (χ0n) is 7.33. The van der Waals surface area contributed by atoms with Crippen LogP contribution in [0.5, 0.6) is 11.5 Å². The fourth-order valence-electron chi connectivity index (χ4n) is 0.951. The third kappa shape index (κ3) is 3.78. The van der Waals surface area contributed by atoms with E-state index in [0.717, 1.165) is 0 Å². The van der Waals surface area contributed by atoms with Gasteiger partial charge < -0.3 is 4.74 Å². The zero-order chi connectivity index (χ0) is 9.52. The predicted octanol–water partition coefficient (Wildman–Crippen LogP) is 2.96. The fraction of sp³-hybridized carbons (Fsp3) is 0.400. The maximum absolute atomic E-state index is 11.7. The second-order valence-electron chi connectivity index (χ2n) is 2.72. The van der Waals surface area contributed by atoms with Gasteiger partial charge in [-0.1, -0.05) is 6.07 Å². The first kappa shape index (κ1) is 9.84. The van der Waals surface area contributed by atoms with Gasteiger partial charge in [0.2, 0.25) is 0 Å². The van der Waals surface area contributed by atoms with Crippen LogP contribution in [-0.2, 0) is 5.11 Å². The second-order valence-corrected chi connectivity index (χ2v) is 2.72. The summed E-state index contributed by atoms with van der Waals surface area (Å²) in [7, 11) is 0. The van der Waals surface area contributed by atoms with Crippen molar-refractivity contribution < 1.29 is 14.2 Å². The molecule has 1 aromatic carbocycles. The molecule has 0 amide bonds. The summed E-state index contributed by atoms with van der Waals surface area (Å²) in [6.07, 6.45) is 1.19. The minimum absolute atomic E-state index is 0.0667. The zero-order valence-corrected chi connectivity index (χ0v) is 7.33. The first-order chi connectivity index (χ1) is 6.33. The van der Waals surface area contributed by atoms with Gasteiger partial charge in [0.1, 0.15) is 5.75 Å². The van der Waals surface area contributed by atoms with Gasteiger partial charge in [-0.3, -0.25) is 9.50 Å². The first-order valence-electron chi connectivity index (χ1n) is 4.29. The Morgan fingerprint density at radius 2 is 2.15 bits per heavy atom. The Morgan fingerprint density at radius 1 is 1.31 bits per heavy atom. The van der Waals surface area contributed by atoms with Gasteiger partial charge in [0, 0.05) is 6.07 Å². The normalized spacial score (nSPS) is 9.92. The molecule has 0 spiro atoms. The van der Waals surface area contributed by atoms with Crippen molar-refractivity contribution in [3.63, 3.8) is 0 Å². The van der Waals surface area contributed by atoms with Crippen LogP contribution in [0.25, 0.3) is 0 Å². The predicted molar refractivity (Wildman–Crippen MR) is 47.3 cm³/mol. The van der Waals surface area contributed by atoms with Crippen molar-refractivity contribution in [2.24, 2.45) is 0 Å². The van der Waals surface area contributed by atoms with Crippen LogP contribution in [-0.4, -0.2) is 13.3 Å². The lowest BCUT2D eigenvalue weighted by Gasteiger charge is -2.04. The summed E-state index contributed by atoms with van der Waals surface area (Å²) in [4.78, 5) is 0. The highest BCUT2D eigenvalue weighted by molar-refractivity contribution is 5.31. The molecule has 0 heterocycles. The molecule has 2 nitrogen and oxygen atoms in total. The molecule has 0 atom stereocenters. The molecule has 0 aromatic heterocycles. The maximum Gasteiger partial charge on any atom is 0.182 e. The topological polar surface area (TPSA) is 29.1 Å². The molecule has 1 aromatic rings. The van der Waals surface area contributed by atoms with E-state index in [0.29, 0.717) is 25.2 Å². The Kier molecular flexibility index (Phi) is 4.09. The molecule has 0 aliphatic rings. The smallest absolute Gasteiger partial charge is 0.182 e. The van der Waals surface area contributed by atoms with Crippen LogP contribution in [0.4, 0.5) is 4.39 Å². The molecule has 71 valence electrons. The second kappa shape index (κ2) is 5.41. The van der Waals surface area contributed by atoms with Crippen LogP contribution < -0.4 is 4.74 Å². The van der Waals surface area contributed by atoms with Crippen LogP contribution in [0.3, 0.4) is 0 Å². The number of hydrogen-bond acceptors (Lipinski definition) is 1. The number of hydrogen-bond donors (Lipinski definition) is 0. The molecule has 0 saturated carbocycles. The number of unbranched alkanes of at least 4 members (excludes halogenated alkanes) is 1. The van der Waals surface area contributed by atoms with Gasteiger partial charge in [-0.25, -0.2) is 0 Å². The van der Waals surface area contributed by atoms with E-state index >= 15 is 0 Å². The van der Waals surface area contributed by atoms with Crippen LogP contribution in [0.15, 0.2) is 24.3 Å². The van der Waals surface area contributed by atoms with Gasteiger partial charge in [0.25, 0.3) is 0 Å². The van der Waals surface area contributed by atoms with E-state index < -0.39 is 0 Å². The summed E-state index contributed by atoms with van der Waals surface area (Å²) in [5.74, 6) is 0.495. The van der Waals surface area contributed by atoms with E-state index in [1.54, 1.807) is 12.1 Å². The Hall–Kier alpha value is -1.25. The molecule has 1 radical (unpaired) electrons. The summed E-state index contributed by atoms with van der Waals surface area (Å²) in [6, 6.07) is 6.26. The van der Waals surface area contributed by atoms with Gasteiger partial charge >= 0.3 is 0 Å². The van der Waals surface area contributed by atoms with Crippen molar-refractivity contribution in [2.45, 2.75) is 12.8 Å². The van der Waals surface area contributed by atoms with E-state index in [1.807, 2.05) is 0 Å². The van der Waals surface area contributed by atoms with Gasteiger partial charge in [-0.05, 0) is 25.0 Å². The van der Waals surface area contributed by atoms with Crippen LogP contribution in [0, 0.1) is 0 Å². The van der Waals surface area contributed by atoms with Gasteiger partial charge in [-0.2, -0.15) is 0 Å². The average Bonchev–Trinajstić information content (AvgIpc) is 2.13. The van der Waals surface area contributed by atoms with Crippen molar-refractivity contribution in [3.8, 4) is 11.5 Å². The number of rotatable bonds is 5. The van der Waals surface area contributed by atoms with E-state index in [9.17, 15) is 9.50 Å². The number of ether oxygens (including phenoxy) is 1. The molecular weight excluding hydrogens is 171 g/mol. The SMILES string of the molecule is [O]c1cccc(OCCCCF)c1. The van der Waals surface area contributed by atoms with E-state index in [2.05, 4.69) is 0 Å². The molecule has 13 heavy (non-hydrogen) atoms. The highest BCUT2D eigenvalue weighted by atomic mass is 19.1. The molecular formula is C10H12FO2. The van der Waals surface area contributed by atoms with Crippen molar-refractivity contribution in [2.75, 3.05) is 13.3 Å². The van der Waals surface area contributed by atoms with Gasteiger partial charge in [-0.15, -0.1) is 0 Å². The van der Waals surface area contributed by atoms with Crippen LogP contribution in [0.1, 0.15) is 12.8 Å². The lowest BCUT2D eigenvalue weighted by atomic mass is 10.3. The van der Waals surface area contributed by atoms with Crippen molar-refractivity contribution >= 4 is 0 Å². The highest BCUT2D eigenvalue weighted by Gasteiger charge is 1.95. The Balaban J connectivity index is 2.28. The van der Waals surface area contributed by atoms with Gasteiger partial charge in [0.15, 0.2) is 5.75 Å². The molecule has 0 unspecified atom stereocenters. The first-order valence-corrected chi connectivity index (χ1v) is 4.29. The van der Waals surface area contributed by atoms with Crippen molar-refractivity contribution in [3.05, 3.63) is 24.3 Å². The summed E-state index contributed by atoms with van der Waals surface area (Å²) < 4.78 is 16.9. The monoisotopic (exact) mass is 183 g/mol. The summed E-state index contributed by atoms with van der Waals surface area (Å²) in [5.41, 5.74) is 0. The van der Waals surface area contributed by atoms with Gasteiger partial charge in [0.05, 0.1) is 13.3 Å². The van der Waals surface area contributed by atoms with Crippen molar-refractivity contribution in [1.29, 1.82) is 0 Å². The summed E-state index contributed by atoms with van der Waals surface area (Å²) in [5, 5.41) is 10.8. The van der Waals surface area contributed by atoms with E-state index in [1.165, 1.54) is 12.1 Å². The average molecular weight is 183 g/mol. The third-order valence-electron chi connectivity index (χ3n) is 1.60. The molecule has 1 rings (SSSR count). The Bertz CT molecular complexity index is 250. The fourth-order valence-corrected chi connectivity index (χ4v) is 0.951. The summed E-state index contributed by atoms with van der Waals surface area (Å²) in [6.45, 7) is 0.151. The lowest BCUT2D eigenvalue weighted by molar-refractivity contribution is 0.293. The number of benzene rings is 1. The quantitative estimate of drug-likeness (QED) is 0.645. The molecule has 0 aliphatic carbocycles. The van der Waals surface area contributed by atoms with E-state index in [4.69, 9.17) is 4.74 Å². The molecule has 0 bridgehead atoms. The van der Waals surface area contributed by atoms with Crippen molar-refractivity contribution in [1.82, 2.24) is 0 Å². The van der Waals surface area contributed by atoms with E-state index in [-0.39, 0.29) is 12.4 Å². The Labute approximate surface area is 77.0 Å². The molecule has 0 saturated heterocycles. The van der Waals surface area contributed by atoms with Crippen LogP contribution >= 0.6 is 0 Å². The molecule has 0 N–H and O–H groups in total. The lowest BCUT2D eigenvalue weighted by Crippen LogP contribution is -1.97. The summed E-state index contributed by atoms with van der Waals surface area (Å²) >= 11 is 0. The molecule has 0 fully saturated rings. The highest BCUT2D eigenvalue weighted by Crippen LogP contribution is 2.18. The standard InChI is InChI=1S/C10H12FO2/c11-6-1-2-7-13-10-5-3-4-9(12)8-10/h3-5,8H,1-2,6-7H2.